The molecule has 0 aromatic rings. The largest absolute Gasteiger partial charge is 0.314 e. The van der Waals surface area contributed by atoms with Crippen molar-refractivity contribution >= 4 is 12.4 Å². The number of piperazine rings is 1. The molecule has 1 rings (SSSR count). The van der Waals surface area contributed by atoms with E-state index < -0.39 is 0 Å². The average molecular weight is 155 g/mol. The Bertz CT molecular complexity index is 66.0. The second kappa shape index (κ2) is 4.97. The Hall–Kier alpha value is 0.140. The summed E-state index contributed by atoms with van der Waals surface area (Å²) in [7, 11) is 0. The Morgan fingerprint density at radius 3 is 2.56 bits per heavy atom. The van der Waals surface area contributed by atoms with E-state index in [1.807, 2.05) is 0 Å². The molecule has 2 nitrogen and oxygen atoms in total. The quantitative estimate of drug-likeness (QED) is 0.553. The Labute approximate surface area is 60.6 Å². The zero-order chi connectivity index (χ0) is 5.82. The third kappa shape index (κ3) is 2.98. The van der Waals surface area contributed by atoms with Crippen molar-refractivity contribution in [2.24, 2.45) is 0 Å². The minimum Gasteiger partial charge on any atom is -0.314 e. The van der Waals surface area contributed by atoms with Crippen LogP contribution in [0.4, 0.5) is 4.39 Å². The summed E-state index contributed by atoms with van der Waals surface area (Å²) >= 11 is 0. The van der Waals surface area contributed by atoms with Gasteiger partial charge in [0.1, 0.15) is 6.67 Å². The van der Waals surface area contributed by atoms with E-state index in [4.69, 9.17) is 0 Å². The molecule has 0 unspecified atom stereocenters. The van der Waals surface area contributed by atoms with Gasteiger partial charge in [-0.25, -0.2) is 4.39 Å². The van der Waals surface area contributed by atoms with Crippen molar-refractivity contribution in [3.8, 4) is 0 Å². The lowest BCUT2D eigenvalue weighted by molar-refractivity contribution is 0.333. The van der Waals surface area contributed by atoms with E-state index in [1.165, 1.54) is 0 Å². The first-order valence-corrected chi connectivity index (χ1v) is 2.93. The molecule has 0 amide bonds. The molecule has 1 atom stereocenters. The second-order valence-corrected chi connectivity index (χ2v) is 2.01. The first kappa shape index (κ1) is 9.14. The Morgan fingerprint density at radius 2 is 2.22 bits per heavy atom. The molecule has 1 aliphatic rings. The van der Waals surface area contributed by atoms with Crippen LogP contribution in [0.2, 0.25) is 0 Å². The normalized spacial score (nSPS) is 27.0. The highest BCUT2D eigenvalue weighted by atomic mass is 35.5. The maximum atomic E-state index is 11.8. The van der Waals surface area contributed by atoms with Gasteiger partial charge in [-0.15, -0.1) is 12.4 Å². The fourth-order valence-corrected chi connectivity index (χ4v) is 0.822. The van der Waals surface area contributed by atoms with Crippen LogP contribution in [0.25, 0.3) is 0 Å². The van der Waals surface area contributed by atoms with E-state index in [9.17, 15) is 4.39 Å². The number of nitrogens with one attached hydrogen (secondary N) is 2. The first-order valence-electron chi connectivity index (χ1n) is 2.93. The van der Waals surface area contributed by atoms with Crippen LogP contribution in [0.15, 0.2) is 0 Å². The summed E-state index contributed by atoms with van der Waals surface area (Å²) in [5.74, 6) is 0. The fourth-order valence-electron chi connectivity index (χ4n) is 0.822. The summed E-state index contributed by atoms with van der Waals surface area (Å²) in [6.07, 6.45) is 0. The number of rotatable bonds is 1. The van der Waals surface area contributed by atoms with Crippen LogP contribution in [0.5, 0.6) is 0 Å². The molecular formula is C5H12ClFN2. The van der Waals surface area contributed by atoms with Crippen LogP contribution >= 0.6 is 12.4 Å². The van der Waals surface area contributed by atoms with Crippen LogP contribution in [-0.4, -0.2) is 32.4 Å². The van der Waals surface area contributed by atoms with Gasteiger partial charge < -0.3 is 10.6 Å². The Kier molecular flexibility index (Phi) is 5.04. The van der Waals surface area contributed by atoms with Gasteiger partial charge in [0.2, 0.25) is 0 Å². The van der Waals surface area contributed by atoms with Crippen molar-refractivity contribution in [2.45, 2.75) is 6.04 Å². The molecule has 0 aliphatic carbocycles. The van der Waals surface area contributed by atoms with E-state index in [1.54, 1.807) is 0 Å². The zero-order valence-electron chi connectivity index (χ0n) is 5.19. The van der Waals surface area contributed by atoms with Crippen molar-refractivity contribution in [2.75, 3.05) is 26.3 Å². The predicted molar refractivity (Wildman–Crippen MR) is 37.9 cm³/mol. The summed E-state index contributed by atoms with van der Waals surface area (Å²) in [5.41, 5.74) is 0. The maximum absolute atomic E-state index is 11.8. The van der Waals surface area contributed by atoms with Gasteiger partial charge in [0.15, 0.2) is 0 Å². The fraction of sp³-hybridized carbons (Fsp3) is 1.00. The molecule has 2 N–H and O–H groups in total. The predicted octanol–water partition coefficient (Wildman–Crippen LogP) is -0.0609. The highest BCUT2D eigenvalue weighted by Gasteiger charge is 2.09. The average Bonchev–Trinajstić information content (AvgIpc) is 1.90. The van der Waals surface area contributed by atoms with Gasteiger partial charge in [-0.1, -0.05) is 0 Å². The van der Waals surface area contributed by atoms with Gasteiger partial charge >= 0.3 is 0 Å². The molecule has 0 saturated carbocycles. The van der Waals surface area contributed by atoms with Gasteiger partial charge in [0.25, 0.3) is 0 Å². The van der Waals surface area contributed by atoms with E-state index in [0.717, 1.165) is 19.6 Å². The summed E-state index contributed by atoms with van der Waals surface area (Å²) in [5, 5.41) is 6.11. The van der Waals surface area contributed by atoms with Crippen LogP contribution in [-0.2, 0) is 0 Å². The molecule has 0 radical (unpaired) electrons. The summed E-state index contributed by atoms with van der Waals surface area (Å²) < 4.78 is 11.8. The molecule has 0 bridgehead atoms. The lowest BCUT2D eigenvalue weighted by Crippen LogP contribution is -2.49. The van der Waals surface area contributed by atoms with Crippen LogP contribution in [0.3, 0.4) is 0 Å². The highest BCUT2D eigenvalue weighted by molar-refractivity contribution is 5.85. The Balaban J connectivity index is 0.000000640. The van der Waals surface area contributed by atoms with Crippen molar-refractivity contribution < 1.29 is 4.39 Å². The molecule has 1 aliphatic heterocycles. The first-order chi connectivity index (χ1) is 3.93. The topological polar surface area (TPSA) is 24.1 Å². The third-order valence-corrected chi connectivity index (χ3v) is 1.31. The van der Waals surface area contributed by atoms with Crippen LogP contribution in [0, 0.1) is 0 Å². The highest BCUT2D eigenvalue weighted by Crippen LogP contribution is 1.85. The number of halogens is 2. The molecule has 56 valence electrons. The van der Waals surface area contributed by atoms with Gasteiger partial charge in [0.05, 0.1) is 0 Å². The van der Waals surface area contributed by atoms with E-state index >= 15 is 0 Å². The minimum absolute atomic E-state index is 0. The van der Waals surface area contributed by atoms with Gasteiger partial charge in [0, 0.05) is 25.7 Å². The molecule has 1 heterocycles. The lowest BCUT2D eigenvalue weighted by Gasteiger charge is -2.21. The van der Waals surface area contributed by atoms with Crippen LogP contribution < -0.4 is 10.6 Å². The number of hydrogen-bond donors (Lipinski definition) is 2. The van der Waals surface area contributed by atoms with E-state index in [2.05, 4.69) is 10.6 Å². The van der Waals surface area contributed by atoms with Gasteiger partial charge in [-0.2, -0.15) is 0 Å². The second-order valence-electron chi connectivity index (χ2n) is 2.01. The lowest BCUT2D eigenvalue weighted by atomic mass is 10.3. The smallest absolute Gasteiger partial charge is 0.106 e. The maximum Gasteiger partial charge on any atom is 0.106 e. The SMILES string of the molecule is Cl.FC[C@@H]1CNCCN1. The van der Waals surface area contributed by atoms with E-state index in [0.29, 0.717) is 0 Å². The summed E-state index contributed by atoms with van der Waals surface area (Å²) in [4.78, 5) is 0. The number of alkyl halides is 1. The van der Waals surface area contributed by atoms with Crippen molar-refractivity contribution in [3.63, 3.8) is 0 Å². The van der Waals surface area contributed by atoms with Gasteiger partial charge in [-0.3, -0.25) is 0 Å². The molecule has 1 saturated heterocycles. The molecule has 4 heteroatoms. The zero-order valence-corrected chi connectivity index (χ0v) is 6.01. The van der Waals surface area contributed by atoms with Crippen LogP contribution in [0.1, 0.15) is 0 Å². The summed E-state index contributed by atoms with van der Waals surface area (Å²) in [6, 6.07) is 0.0590. The molecule has 9 heavy (non-hydrogen) atoms. The molecule has 0 aromatic carbocycles. The molecule has 1 fully saturated rings. The standard InChI is InChI=1S/C5H11FN2.ClH/c6-3-5-4-7-1-2-8-5;/h5,7-8H,1-4H2;1H/t5-;/m1./s1. The third-order valence-electron chi connectivity index (χ3n) is 1.31. The van der Waals surface area contributed by atoms with Crippen molar-refractivity contribution in [1.29, 1.82) is 0 Å². The molecular weight excluding hydrogens is 143 g/mol. The van der Waals surface area contributed by atoms with Crippen molar-refractivity contribution in [1.82, 2.24) is 10.6 Å². The summed E-state index contributed by atoms with van der Waals surface area (Å²) in [6.45, 7) is 2.38. The monoisotopic (exact) mass is 154 g/mol. The Morgan fingerprint density at radius 1 is 1.44 bits per heavy atom. The van der Waals surface area contributed by atoms with E-state index in [-0.39, 0.29) is 25.1 Å². The molecule has 0 aromatic heterocycles. The number of hydrogen-bond acceptors (Lipinski definition) is 2. The van der Waals surface area contributed by atoms with Crippen molar-refractivity contribution in [3.05, 3.63) is 0 Å². The minimum atomic E-state index is -0.257. The molecule has 0 spiro atoms. The van der Waals surface area contributed by atoms with Gasteiger partial charge in [-0.05, 0) is 0 Å².